The minimum Gasteiger partial charge on any atom is -0.497 e. The average Bonchev–Trinajstić information content (AvgIpc) is 2.84. The lowest BCUT2D eigenvalue weighted by Gasteiger charge is -2.46. The Hall–Kier alpha value is -2.62. The maximum absolute atomic E-state index is 12.9. The first-order valence-corrected chi connectivity index (χ1v) is 11.6. The molecular weight excluding hydrogens is 453 g/mol. The van der Waals surface area contributed by atoms with E-state index in [9.17, 15) is 27.6 Å². The van der Waals surface area contributed by atoms with E-state index in [1.54, 1.807) is 24.1 Å². The fraction of sp³-hybridized carbons (Fsp3) is 0.625. The molecule has 1 aromatic carbocycles. The van der Waals surface area contributed by atoms with Gasteiger partial charge in [0.15, 0.2) is 0 Å². The summed E-state index contributed by atoms with van der Waals surface area (Å²) in [5.74, 6) is -3.40. The molecule has 2 fully saturated rings. The normalized spacial score (nSPS) is 19.9. The first kappa shape index (κ1) is 26.0. The van der Waals surface area contributed by atoms with Gasteiger partial charge in [-0.05, 0) is 55.7 Å². The molecule has 7 nitrogen and oxygen atoms in total. The molecule has 2 aliphatic rings. The minimum atomic E-state index is -5.24. The van der Waals surface area contributed by atoms with Crippen molar-refractivity contribution >= 4 is 17.8 Å². The third-order valence-electron chi connectivity index (χ3n) is 7.11. The smallest absolute Gasteiger partial charge is 0.491 e. The lowest BCUT2D eigenvalue weighted by molar-refractivity contribution is -0.207. The quantitative estimate of drug-likeness (QED) is 0.491. The SMILES string of the molecule is COc1ccc(C[C@@H](N)C(=O)N2CCC(C(=O)OC(=O)C(F)(F)F)(C3CCCCC3)CC2)cc1. The monoisotopic (exact) mass is 484 g/mol. The van der Waals surface area contributed by atoms with Gasteiger partial charge in [-0.2, -0.15) is 13.2 Å². The van der Waals surface area contributed by atoms with Crippen molar-refractivity contribution < 1.29 is 37.0 Å². The van der Waals surface area contributed by atoms with Crippen LogP contribution in [0.4, 0.5) is 13.2 Å². The average molecular weight is 485 g/mol. The largest absolute Gasteiger partial charge is 0.497 e. The molecule has 0 radical (unpaired) electrons. The number of esters is 2. The molecular formula is C24H31F3N2O5. The van der Waals surface area contributed by atoms with Gasteiger partial charge < -0.3 is 20.1 Å². The summed E-state index contributed by atoms with van der Waals surface area (Å²) in [6, 6.07) is 6.40. The van der Waals surface area contributed by atoms with Gasteiger partial charge in [0.25, 0.3) is 0 Å². The molecule has 1 aliphatic carbocycles. The number of hydrogen-bond acceptors (Lipinski definition) is 6. The minimum absolute atomic E-state index is 0.142. The lowest BCUT2D eigenvalue weighted by Crippen LogP contribution is -2.54. The second-order valence-electron chi connectivity index (χ2n) is 9.15. The number of likely N-dealkylation sites (tertiary alicyclic amines) is 1. The van der Waals surface area contributed by atoms with Crippen molar-refractivity contribution in [1.29, 1.82) is 0 Å². The number of piperidine rings is 1. The van der Waals surface area contributed by atoms with Gasteiger partial charge >= 0.3 is 18.1 Å². The highest BCUT2D eigenvalue weighted by atomic mass is 19.4. The fourth-order valence-electron chi connectivity index (χ4n) is 5.14. The number of methoxy groups -OCH3 is 1. The molecule has 0 bridgehead atoms. The van der Waals surface area contributed by atoms with E-state index >= 15 is 0 Å². The van der Waals surface area contributed by atoms with Crippen molar-refractivity contribution in [3.05, 3.63) is 29.8 Å². The summed E-state index contributed by atoms with van der Waals surface area (Å²) in [5, 5.41) is 0. The Bertz CT molecular complexity index is 874. The highest BCUT2D eigenvalue weighted by molar-refractivity contribution is 5.91. The van der Waals surface area contributed by atoms with Crippen LogP contribution in [0.5, 0.6) is 5.75 Å². The van der Waals surface area contributed by atoms with Crippen LogP contribution in [-0.4, -0.2) is 55.2 Å². The topological polar surface area (TPSA) is 98.9 Å². The number of alkyl halides is 3. The van der Waals surface area contributed by atoms with Crippen LogP contribution in [-0.2, 0) is 25.5 Å². The Balaban J connectivity index is 1.67. The number of nitrogens with zero attached hydrogens (tertiary/aromatic N) is 1. The second-order valence-corrected chi connectivity index (χ2v) is 9.15. The molecule has 1 atom stereocenters. The molecule has 10 heteroatoms. The maximum Gasteiger partial charge on any atom is 0.491 e. The van der Waals surface area contributed by atoms with E-state index in [4.69, 9.17) is 10.5 Å². The first-order chi connectivity index (χ1) is 16.1. The third kappa shape index (κ3) is 5.89. The predicted molar refractivity (Wildman–Crippen MR) is 117 cm³/mol. The van der Waals surface area contributed by atoms with Crippen LogP contribution in [0.2, 0.25) is 0 Å². The zero-order chi connectivity index (χ0) is 24.9. The Morgan fingerprint density at radius 2 is 1.68 bits per heavy atom. The molecule has 1 saturated heterocycles. The molecule has 2 N–H and O–H groups in total. The molecule has 1 aliphatic heterocycles. The van der Waals surface area contributed by atoms with Crippen molar-refractivity contribution in [2.24, 2.45) is 17.1 Å². The number of rotatable bonds is 6. The van der Waals surface area contributed by atoms with E-state index in [0.717, 1.165) is 24.8 Å². The predicted octanol–water partition coefficient (Wildman–Crippen LogP) is 3.39. The number of hydrogen-bond donors (Lipinski definition) is 1. The molecule has 1 heterocycles. The molecule has 1 amide bonds. The van der Waals surface area contributed by atoms with Crippen LogP contribution in [0, 0.1) is 11.3 Å². The van der Waals surface area contributed by atoms with E-state index in [0.29, 0.717) is 25.0 Å². The molecule has 3 rings (SSSR count). The molecule has 34 heavy (non-hydrogen) atoms. The summed E-state index contributed by atoms with van der Waals surface area (Å²) in [5.41, 5.74) is 5.81. The number of halogens is 3. The number of carbonyl (C=O) groups excluding carboxylic acids is 3. The number of benzene rings is 1. The summed E-state index contributed by atoms with van der Waals surface area (Å²) in [4.78, 5) is 38.8. The molecule has 0 aromatic heterocycles. The third-order valence-corrected chi connectivity index (χ3v) is 7.11. The molecule has 0 unspecified atom stereocenters. The van der Waals surface area contributed by atoms with E-state index < -0.39 is 29.6 Å². The Morgan fingerprint density at radius 3 is 2.21 bits per heavy atom. The summed E-state index contributed by atoms with van der Waals surface area (Å²) in [6.07, 6.45) is -0.562. The zero-order valence-electron chi connectivity index (χ0n) is 19.2. The Morgan fingerprint density at radius 1 is 1.09 bits per heavy atom. The van der Waals surface area contributed by atoms with Gasteiger partial charge in [-0.25, -0.2) is 4.79 Å². The summed E-state index contributed by atoms with van der Waals surface area (Å²) in [6.45, 7) is 0.335. The molecule has 0 spiro atoms. The Labute approximate surface area is 196 Å². The van der Waals surface area contributed by atoms with E-state index in [2.05, 4.69) is 4.74 Å². The zero-order valence-corrected chi connectivity index (χ0v) is 19.2. The van der Waals surface area contributed by atoms with Gasteiger partial charge in [0.2, 0.25) is 5.91 Å². The summed E-state index contributed by atoms with van der Waals surface area (Å²) < 4.78 is 47.6. The molecule has 188 valence electrons. The number of nitrogens with two attached hydrogens (primary N) is 1. The molecule has 1 saturated carbocycles. The van der Waals surface area contributed by atoms with Gasteiger partial charge in [-0.3, -0.25) is 9.59 Å². The van der Waals surface area contributed by atoms with E-state index in [-0.39, 0.29) is 37.8 Å². The van der Waals surface area contributed by atoms with E-state index in [1.807, 2.05) is 12.1 Å². The highest BCUT2D eigenvalue weighted by Crippen LogP contribution is 2.47. The lowest BCUT2D eigenvalue weighted by atomic mass is 9.63. The number of carbonyl (C=O) groups is 3. The van der Waals surface area contributed by atoms with Crippen molar-refractivity contribution in [2.75, 3.05) is 20.2 Å². The van der Waals surface area contributed by atoms with E-state index in [1.165, 1.54) is 0 Å². The van der Waals surface area contributed by atoms with Crippen molar-refractivity contribution in [2.45, 2.75) is 63.6 Å². The fourth-order valence-corrected chi connectivity index (χ4v) is 5.14. The number of ether oxygens (including phenoxy) is 2. The van der Waals surface area contributed by atoms with Gasteiger partial charge in [0.05, 0.1) is 18.6 Å². The van der Waals surface area contributed by atoms with Crippen molar-refractivity contribution in [3.8, 4) is 5.75 Å². The van der Waals surface area contributed by atoms with Crippen molar-refractivity contribution in [3.63, 3.8) is 0 Å². The van der Waals surface area contributed by atoms with Crippen LogP contribution < -0.4 is 10.5 Å². The van der Waals surface area contributed by atoms with Crippen molar-refractivity contribution in [1.82, 2.24) is 4.90 Å². The standard InChI is InChI=1S/C24H31F3N2O5/c1-33-18-9-7-16(8-10-18)15-19(28)20(30)29-13-11-23(12-14-29,17-5-3-2-4-6-17)21(31)34-22(32)24(25,26)27/h7-10,17,19H,2-6,11-15,28H2,1H3/t19-/m1/s1. The van der Waals surface area contributed by atoms with Crippen LogP contribution >= 0.6 is 0 Å². The van der Waals surface area contributed by atoms with Crippen LogP contribution in [0.25, 0.3) is 0 Å². The van der Waals surface area contributed by atoms with Crippen LogP contribution in [0.1, 0.15) is 50.5 Å². The highest BCUT2D eigenvalue weighted by Gasteiger charge is 2.52. The second kappa shape index (κ2) is 10.8. The maximum atomic E-state index is 12.9. The van der Waals surface area contributed by atoms with Gasteiger partial charge in [-0.1, -0.05) is 31.4 Å². The summed E-state index contributed by atoms with van der Waals surface area (Å²) in [7, 11) is 1.56. The van der Waals surface area contributed by atoms with Crippen LogP contribution in [0.15, 0.2) is 24.3 Å². The van der Waals surface area contributed by atoms with Gasteiger partial charge in [-0.15, -0.1) is 0 Å². The summed E-state index contributed by atoms with van der Waals surface area (Å²) >= 11 is 0. The Kier molecular flexibility index (Phi) is 8.22. The van der Waals surface area contributed by atoms with Gasteiger partial charge in [0, 0.05) is 13.1 Å². The molecule has 1 aromatic rings. The van der Waals surface area contributed by atoms with Crippen LogP contribution in [0.3, 0.4) is 0 Å². The van der Waals surface area contributed by atoms with Gasteiger partial charge in [0.1, 0.15) is 5.75 Å². The number of amides is 1. The first-order valence-electron chi connectivity index (χ1n) is 11.6.